The maximum absolute atomic E-state index is 13.1. The van der Waals surface area contributed by atoms with E-state index in [4.69, 9.17) is 0 Å². The van der Waals surface area contributed by atoms with Gasteiger partial charge < -0.3 is 9.80 Å². The van der Waals surface area contributed by atoms with Crippen LogP contribution >= 0.6 is 0 Å². The first-order valence-corrected chi connectivity index (χ1v) is 8.61. The normalized spacial score (nSPS) is 14.5. The number of hydrogen-bond donors (Lipinski definition) is 1. The van der Waals surface area contributed by atoms with Gasteiger partial charge in [0.2, 0.25) is 5.95 Å². The lowest BCUT2D eigenvalue weighted by molar-refractivity contribution is 0.628. The number of H-pyrrole nitrogens is 1. The molecular formula is C20H19FN4O. The molecular weight excluding hydrogens is 331 g/mol. The van der Waals surface area contributed by atoms with Gasteiger partial charge in [-0.05, 0) is 36.4 Å². The summed E-state index contributed by atoms with van der Waals surface area (Å²) in [6.45, 7) is 3.25. The van der Waals surface area contributed by atoms with Gasteiger partial charge in [0.15, 0.2) is 0 Å². The zero-order valence-corrected chi connectivity index (χ0v) is 14.2. The van der Waals surface area contributed by atoms with Crippen molar-refractivity contribution in [1.29, 1.82) is 0 Å². The molecule has 0 saturated carbocycles. The highest BCUT2D eigenvalue weighted by atomic mass is 19.1. The molecule has 2 heterocycles. The van der Waals surface area contributed by atoms with Crippen LogP contribution in [0.25, 0.3) is 11.3 Å². The van der Waals surface area contributed by atoms with Crippen molar-refractivity contribution in [3.05, 3.63) is 76.8 Å². The van der Waals surface area contributed by atoms with E-state index in [1.165, 1.54) is 23.9 Å². The van der Waals surface area contributed by atoms with E-state index in [2.05, 4.69) is 31.9 Å². The van der Waals surface area contributed by atoms with Gasteiger partial charge in [-0.3, -0.25) is 9.78 Å². The fraction of sp³-hybridized carbons (Fsp3) is 0.200. The van der Waals surface area contributed by atoms with Gasteiger partial charge in [0.25, 0.3) is 5.56 Å². The molecule has 4 rings (SSSR count). The SMILES string of the molecule is O=c1cc(-c2ccc(F)cc2)nc(N2CCN(c3ccccc3)CC2)[nH]1. The Morgan fingerprint density at radius 1 is 0.885 bits per heavy atom. The minimum Gasteiger partial charge on any atom is -0.368 e. The maximum Gasteiger partial charge on any atom is 0.252 e. The van der Waals surface area contributed by atoms with Crippen molar-refractivity contribution in [2.75, 3.05) is 36.0 Å². The number of halogens is 1. The number of rotatable bonds is 3. The van der Waals surface area contributed by atoms with Gasteiger partial charge in [0.1, 0.15) is 5.82 Å². The third-order valence-electron chi connectivity index (χ3n) is 4.57. The molecule has 5 nitrogen and oxygen atoms in total. The van der Waals surface area contributed by atoms with Gasteiger partial charge in [0, 0.05) is 43.5 Å². The standard InChI is InChI=1S/C20H19FN4O/c21-16-8-6-15(7-9-16)18-14-19(26)23-20(22-18)25-12-10-24(11-13-25)17-4-2-1-3-5-17/h1-9,14H,10-13H2,(H,22,23,26). The molecule has 1 aliphatic rings. The summed E-state index contributed by atoms with van der Waals surface area (Å²) in [5.41, 5.74) is 2.27. The Balaban J connectivity index is 1.54. The molecule has 0 atom stereocenters. The second-order valence-corrected chi connectivity index (χ2v) is 6.27. The number of aromatic nitrogens is 2. The summed E-state index contributed by atoms with van der Waals surface area (Å²) in [4.78, 5) is 23.9. The van der Waals surface area contributed by atoms with Crippen LogP contribution in [-0.2, 0) is 0 Å². The van der Waals surface area contributed by atoms with E-state index in [1.54, 1.807) is 12.1 Å². The minimum absolute atomic E-state index is 0.209. The summed E-state index contributed by atoms with van der Waals surface area (Å²) in [6, 6.07) is 17.7. The lowest BCUT2D eigenvalue weighted by Crippen LogP contribution is -2.47. The van der Waals surface area contributed by atoms with Crippen molar-refractivity contribution >= 4 is 11.6 Å². The van der Waals surface area contributed by atoms with Crippen LogP contribution in [0.3, 0.4) is 0 Å². The molecule has 6 heteroatoms. The lowest BCUT2D eigenvalue weighted by atomic mass is 10.1. The van der Waals surface area contributed by atoms with Crippen LogP contribution < -0.4 is 15.4 Å². The molecule has 26 heavy (non-hydrogen) atoms. The van der Waals surface area contributed by atoms with Crippen molar-refractivity contribution in [1.82, 2.24) is 9.97 Å². The van der Waals surface area contributed by atoms with Crippen molar-refractivity contribution in [2.45, 2.75) is 0 Å². The summed E-state index contributed by atoms with van der Waals surface area (Å²) >= 11 is 0. The number of benzene rings is 2. The van der Waals surface area contributed by atoms with Crippen LogP contribution in [0.1, 0.15) is 0 Å². The monoisotopic (exact) mass is 350 g/mol. The molecule has 0 spiro atoms. The van der Waals surface area contributed by atoms with E-state index in [1.807, 2.05) is 18.2 Å². The predicted octanol–water partition coefficient (Wildman–Crippen LogP) is 2.90. The number of aromatic amines is 1. The molecule has 132 valence electrons. The zero-order valence-electron chi connectivity index (χ0n) is 14.2. The Kier molecular flexibility index (Phi) is 4.39. The largest absolute Gasteiger partial charge is 0.368 e. The molecule has 1 N–H and O–H groups in total. The smallest absolute Gasteiger partial charge is 0.252 e. The number of anilines is 2. The molecule has 2 aromatic carbocycles. The van der Waals surface area contributed by atoms with Crippen molar-refractivity contribution in [3.63, 3.8) is 0 Å². The van der Waals surface area contributed by atoms with E-state index in [-0.39, 0.29) is 11.4 Å². The van der Waals surface area contributed by atoms with Crippen LogP contribution in [0.2, 0.25) is 0 Å². The number of nitrogens with one attached hydrogen (secondary N) is 1. The topological polar surface area (TPSA) is 52.2 Å². The number of nitrogens with zero attached hydrogens (tertiary/aromatic N) is 3. The average molecular weight is 350 g/mol. The molecule has 1 aromatic heterocycles. The second-order valence-electron chi connectivity index (χ2n) is 6.27. The molecule has 3 aromatic rings. The van der Waals surface area contributed by atoms with Crippen molar-refractivity contribution < 1.29 is 4.39 Å². The Morgan fingerprint density at radius 3 is 2.23 bits per heavy atom. The van der Waals surface area contributed by atoms with E-state index < -0.39 is 0 Å². The van der Waals surface area contributed by atoms with Gasteiger partial charge in [-0.15, -0.1) is 0 Å². The summed E-state index contributed by atoms with van der Waals surface area (Å²) in [5.74, 6) is 0.250. The number of piperazine rings is 1. The van der Waals surface area contributed by atoms with E-state index in [9.17, 15) is 9.18 Å². The molecule has 0 unspecified atom stereocenters. The lowest BCUT2D eigenvalue weighted by Gasteiger charge is -2.36. The molecule has 1 fully saturated rings. The van der Waals surface area contributed by atoms with Gasteiger partial charge in [-0.1, -0.05) is 18.2 Å². The van der Waals surface area contributed by atoms with Gasteiger partial charge >= 0.3 is 0 Å². The van der Waals surface area contributed by atoms with Gasteiger partial charge in [0.05, 0.1) is 5.69 Å². The summed E-state index contributed by atoms with van der Waals surface area (Å²) in [5, 5.41) is 0. The van der Waals surface area contributed by atoms with E-state index in [0.29, 0.717) is 11.6 Å². The molecule has 1 aliphatic heterocycles. The zero-order chi connectivity index (χ0) is 17.9. The average Bonchev–Trinajstić information content (AvgIpc) is 2.69. The van der Waals surface area contributed by atoms with Crippen molar-refractivity contribution in [3.8, 4) is 11.3 Å². The Morgan fingerprint density at radius 2 is 1.54 bits per heavy atom. The first-order chi connectivity index (χ1) is 12.7. The van der Waals surface area contributed by atoms with E-state index in [0.717, 1.165) is 31.7 Å². The van der Waals surface area contributed by atoms with Crippen LogP contribution in [0.5, 0.6) is 0 Å². The van der Waals surface area contributed by atoms with Gasteiger partial charge in [-0.2, -0.15) is 0 Å². The van der Waals surface area contributed by atoms with Gasteiger partial charge in [-0.25, -0.2) is 9.37 Å². The molecule has 1 saturated heterocycles. The Bertz CT molecular complexity index is 932. The quantitative estimate of drug-likeness (QED) is 0.789. The highest BCUT2D eigenvalue weighted by Crippen LogP contribution is 2.20. The first kappa shape index (κ1) is 16.3. The predicted molar refractivity (Wildman–Crippen MR) is 101 cm³/mol. The summed E-state index contributed by atoms with van der Waals surface area (Å²) in [7, 11) is 0. The van der Waals surface area contributed by atoms with Crippen LogP contribution in [0.4, 0.5) is 16.0 Å². The fourth-order valence-corrected chi connectivity index (χ4v) is 3.18. The van der Waals surface area contributed by atoms with Crippen LogP contribution in [0, 0.1) is 5.82 Å². The molecule has 0 radical (unpaired) electrons. The van der Waals surface area contributed by atoms with Crippen LogP contribution in [0.15, 0.2) is 65.5 Å². The van der Waals surface area contributed by atoms with E-state index >= 15 is 0 Å². The van der Waals surface area contributed by atoms with Crippen molar-refractivity contribution in [2.24, 2.45) is 0 Å². The number of hydrogen-bond acceptors (Lipinski definition) is 4. The maximum atomic E-state index is 13.1. The third kappa shape index (κ3) is 3.44. The number of para-hydroxylation sites is 1. The molecule has 0 bridgehead atoms. The minimum atomic E-state index is -0.309. The Hall–Kier alpha value is -3.15. The molecule has 0 amide bonds. The second kappa shape index (κ2) is 7.00. The fourth-order valence-electron chi connectivity index (χ4n) is 3.18. The molecule has 0 aliphatic carbocycles. The Labute approximate surface area is 150 Å². The highest BCUT2D eigenvalue weighted by molar-refractivity contribution is 5.60. The summed E-state index contributed by atoms with van der Waals surface area (Å²) in [6.07, 6.45) is 0. The highest BCUT2D eigenvalue weighted by Gasteiger charge is 2.19. The first-order valence-electron chi connectivity index (χ1n) is 8.61. The third-order valence-corrected chi connectivity index (χ3v) is 4.57. The summed E-state index contributed by atoms with van der Waals surface area (Å²) < 4.78 is 13.1. The van der Waals surface area contributed by atoms with Crippen LogP contribution in [-0.4, -0.2) is 36.1 Å².